The molecule has 0 radical (unpaired) electrons. The van der Waals surface area contributed by atoms with Gasteiger partial charge in [-0.2, -0.15) is 5.10 Å². The molecule has 2 N–H and O–H groups in total. The molecule has 0 saturated heterocycles. The van der Waals surface area contributed by atoms with E-state index in [1.165, 1.54) is 5.56 Å². The van der Waals surface area contributed by atoms with E-state index in [4.69, 9.17) is 0 Å². The van der Waals surface area contributed by atoms with Crippen molar-refractivity contribution in [2.24, 2.45) is 0 Å². The molecule has 0 fully saturated rings. The lowest BCUT2D eigenvalue weighted by Crippen LogP contribution is -2.26. The summed E-state index contributed by atoms with van der Waals surface area (Å²) in [6.07, 6.45) is -0.216. The molecule has 0 bridgehead atoms. The van der Waals surface area contributed by atoms with Crippen LogP contribution in [0.4, 0.5) is 5.69 Å². The van der Waals surface area contributed by atoms with Gasteiger partial charge in [-0.1, -0.05) is 29.8 Å². The minimum absolute atomic E-state index is 0.216. The van der Waals surface area contributed by atoms with Crippen molar-refractivity contribution in [3.63, 3.8) is 0 Å². The fourth-order valence-corrected chi connectivity index (χ4v) is 3.29. The second-order valence-electron chi connectivity index (χ2n) is 6.22. The van der Waals surface area contributed by atoms with Crippen LogP contribution in [-0.4, -0.2) is 14.9 Å². The Balaban J connectivity index is 1.97. The van der Waals surface area contributed by atoms with Gasteiger partial charge in [-0.15, -0.1) is 0 Å². The summed E-state index contributed by atoms with van der Waals surface area (Å²) in [5.41, 5.74) is 7.42. The van der Waals surface area contributed by atoms with E-state index < -0.39 is 0 Å². The monoisotopic (exact) mass is 305 g/mol. The van der Waals surface area contributed by atoms with Gasteiger partial charge in [-0.05, 0) is 44.5 Å². The third kappa shape index (κ3) is 2.10. The summed E-state index contributed by atoms with van der Waals surface area (Å²) in [6.45, 7) is 6.12. The summed E-state index contributed by atoms with van der Waals surface area (Å²) in [7, 11) is 0. The van der Waals surface area contributed by atoms with E-state index >= 15 is 0 Å². The van der Waals surface area contributed by atoms with E-state index in [2.05, 4.69) is 41.6 Å². The van der Waals surface area contributed by atoms with Gasteiger partial charge in [0.1, 0.15) is 5.75 Å². The van der Waals surface area contributed by atoms with Gasteiger partial charge < -0.3 is 10.4 Å². The standard InChI is InChI=1S/C19H19N3O/c1-11-7-8-17(23)15(9-11)19-20-18-12(2)5-4-6-14(18)16-10-13(3)21-22(16)19/h4-10,19-20,23H,1-3H3/t19-/m1/s1. The molecule has 23 heavy (non-hydrogen) atoms. The van der Waals surface area contributed by atoms with Crippen LogP contribution < -0.4 is 5.32 Å². The largest absolute Gasteiger partial charge is 0.508 e. The Labute approximate surface area is 135 Å². The Kier molecular flexibility index (Phi) is 2.94. The van der Waals surface area contributed by atoms with Gasteiger partial charge in [0.25, 0.3) is 0 Å². The van der Waals surface area contributed by atoms with Crippen LogP contribution in [-0.2, 0) is 0 Å². The van der Waals surface area contributed by atoms with Crippen LogP contribution in [0.15, 0.2) is 42.5 Å². The molecule has 4 nitrogen and oxygen atoms in total. The van der Waals surface area contributed by atoms with Gasteiger partial charge in [-0.3, -0.25) is 0 Å². The normalized spacial score (nSPS) is 15.7. The lowest BCUT2D eigenvalue weighted by atomic mass is 9.99. The number of phenols is 1. The number of hydrogen-bond acceptors (Lipinski definition) is 3. The van der Waals surface area contributed by atoms with Crippen LogP contribution in [0.1, 0.15) is 28.6 Å². The number of aromatic nitrogens is 2. The summed E-state index contributed by atoms with van der Waals surface area (Å²) in [6, 6.07) is 14.0. The van der Waals surface area contributed by atoms with Crippen LogP contribution in [0.3, 0.4) is 0 Å². The number of hydrogen-bond donors (Lipinski definition) is 2. The molecule has 0 saturated carbocycles. The number of fused-ring (bicyclic) bond motifs is 3. The maximum Gasteiger partial charge on any atom is 0.150 e. The van der Waals surface area contributed by atoms with Crippen molar-refractivity contribution in [3.8, 4) is 17.0 Å². The van der Waals surface area contributed by atoms with E-state index in [-0.39, 0.29) is 11.9 Å². The predicted octanol–water partition coefficient (Wildman–Crippen LogP) is 4.15. The zero-order valence-corrected chi connectivity index (χ0v) is 13.5. The van der Waals surface area contributed by atoms with Crippen LogP contribution in [0, 0.1) is 20.8 Å². The lowest BCUT2D eigenvalue weighted by Gasteiger charge is -2.30. The average Bonchev–Trinajstić information content (AvgIpc) is 2.91. The molecular formula is C19H19N3O. The highest BCUT2D eigenvalue weighted by Gasteiger charge is 2.28. The highest BCUT2D eigenvalue weighted by atomic mass is 16.3. The highest BCUT2D eigenvalue weighted by molar-refractivity contribution is 5.81. The molecule has 1 aliphatic heterocycles. The average molecular weight is 305 g/mol. The Hall–Kier alpha value is -2.75. The van der Waals surface area contributed by atoms with Crippen molar-refractivity contribution in [2.75, 3.05) is 5.32 Å². The maximum absolute atomic E-state index is 10.4. The number of benzene rings is 2. The minimum atomic E-state index is -0.216. The van der Waals surface area contributed by atoms with Crippen molar-refractivity contribution in [2.45, 2.75) is 26.9 Å². The fraction of sp³-hybridized carbons (Fsp3) is 0.211. The number of aromatic hydroxyl groups is 1. The van der Waals surface area contributed by atoms with Crippen molar-refractivity contribution in [1.29, 1.82) is 0 Å². The number of nitrogens with zero attached hydrogens (tertiary/aromatic N) is 2. The summed E-state index contributed by atoms with van der Waals surface area (Å²) >= 11 is 0. The Morgan fingerprint density at radius 3 is 2.74 bits per heavy atom. The van der Waals surface area contributed by atoms with Crippen molar-refractivity contribution < 1.29 is 5.11 Å². The van der Waals surface area contributed by atoms with E-state index in [1.54, 1.807) is 6.07 Å². The van der Waals surface area contributed by atoms with E-state index in [0.29, 0.717) is 0 Å². The third-order valence-electron chi connectivity index (χ3n) is 4.41. The van der Waals surface area contributed by atoms with Gasteiger partial charge >= 0.3 is 0 Å². The fourth-order valence-electron chi connectivity index (χ4n) is 3.29. The molecule has 1 atom stereocenters. The summed E-state index contributed by atoms with van der Waals surface area (Å²) in [5, 5.41) is 18.6. The molecule has 4 rings (SSSR count). The number of rotatable bonds is 1. The second-order valence-corrected chi connectivity index (χ2v) is 6.22. The molecule has 1 aromatic heterocycles. The number of aryl methyl sites for hydroxylation is 3. The smallest absolute Gasteiger partial charge is 0.150 e. The Morgan fingerprint density at radius 2 is 1.91 bits per heavy atom. The molecule has 0 spiro atoms. The second kappa shape index (κ2) is 4.88. The van der Waals surface area contributed by atoms with E-state index in [9.17, 15) is 5.11 Å². The first-order valence-electron chi connectivity index (χ1n) is 7.77. The molecular weight excluding hydrogens is 286 g/mol. The number of phenolic OH excluding ortho intramolecular Hbond substituents is 1. The molecule has 0 aliphatic carbocycles. The lowest BCUT2D eigenvalue weighted by molar-refractivity contribution is 0.452. The van der Waals surface area contributed by atoms with Crippen LogP contribution in [0.5, 0.6) is 5.75 Å². The van der Waals surface area contributed by atoms with Crippen molar-refractivity contribution >= 4 is 5.69 Å². The highest BCUT2D eigenvalue weighted by Crippen LogP contribution is 2.41. The van der Waals surface area contributed by atoms with Crippen molar-refractivity contribution in [3.05, 3.63) is 64.8 Å². The van der Waals surface area contributed by atoms with Crippen LogP contribution in [0.25, 0.3) is 11.3 Å². The van der Waals surface area contributed by atoms with Gasteiger partial charge in [0, 0.05) is 16.8 Å². The molecule has 116 valence electrons. The molecule has 2 heterocycles. The van der Waals surface area contributed by atoms with Gasteiger partial charge in [0.05, 0.1) is 11.4 Å². The molecule has 1 aliphatic rings. The van der Waals surface area contributed by atoms with E-state index in [0.717, 1.165) is 33.8 Å². The Morgan fingerprint density at radius 1 is 1.09 bits per heavy atom. The van der Waals surface area contributed by atoms with Crippen LogP contribution in [0.2, 0.25) is 0 Å². The zero-order chi connectivity index (χ0) is 16.1. The SMILES string of the molecule is Cc1ccc(O)c([C@@H]2Nc3c(C)cccc3-c3cc(C)nn32)c1. The first-order valence-corrected chi connectivity index (χ1v) is 7.77. The zero-order valence-electron chi connectivity index (χ0n) is 13.5. The summed E-state index contributed by atoms with van der Waals surface area (Å²) in [4.78, 5) is 0. The van der Waals surface area contributed by atoms with Gasteiger partial charge in [0.15, 0.2) is 6.17 Å². The predicted molar refractivity (Wildman–Crippen MR) is 91.7 cm³/mol. The topological polar surface area (TPSA) is 50.1 Å². The Bertz CT molecular complexity index is 911. The minimum Gasteiger partial charge on any atom is -0.508 e. The van der Waals surface area contributed by atoms with Gasteiger partial charge in [-0.25, -0.2) is 4.68 Å². The number of para-hydroxylation sites is 1. The summed E-state index contributed by atoms with van der Waals surface area (Å²) < 4.78 is 1.96. The first kappa shape index (κ1) is 13.9. The van der Waals surface area contributed by atoms with Crippen LogP contribution >= 0.6 is 0 Å². The maximum atomic E-state index is 10.4. The first-order chi connectivity index (χ1) is 11.0. The summed E-state index contributed by atoms with van der Waals surface area (Å²) in [5.74, 6) is 0.282. The molecule has 3 aromatic rings. The molecule has 0 unspecified atom stereocenters. The molecule has 0 amide bonds. The molecule has 4 heteroatoms. The third-order valence-corrected chi connectivity index (χ3v) is 4.41. The number of nitrogens with one attached hydrogen (secondary N) is 1. The van der Waals surface area contributed by atoms with Gasteiger partial charge in [0.2, 0.25) is 0 Å². The molecule has 2 aromatic carbocycles. The van der Waals surface area contributed by atoms with Crippen molar-refractivity contribution in [1.82, 2.24) is 9.78 Å². The number of anilines is 1. The van der Waals surface area contributed by atoms with E-state index in [1.807, 2.05) is 30.7 Å². The quantitative estimate of drug-likeness (QED) is 0.710.